The topological polar surface area (TPSA) is 78.8 Å². The van der Waals surface area contributed by atoms with Gasteiger partial charge in [-0.1, -0.05) is 49.4 Å². The largest absolute Gasteiger partial charge is 0.496 e. The van der Waals surface area contributed by atoms with Crippen molar-refractivity contribution < 1.29 is 19.7 Å². The van der Waals surface area contributed by atoms with Gasteiger partial charge in [0.05, 0.1) is 7.11 Å². The van der Waals surface area contributed by atoms with Gasteiger partial charge in [-0.15, -0.1) is 0 Å². The number of rotatable bonds is 7. The molecule has 28 heavy (non-hydrogen) atoms. The van der Waals surface area contributed by atoms with Gasteiger partial charge in [0.15, 0.2) is 6.10 Å². The highest BCUT2D eigenvalue weighted by molar-refractivity contribution is 5.72. The Morgan fingerprint density at radius 2 is 1.96 bits per heavy atom. The molecule has 5 heteroatoms. The number of nitrogens with one attached hydrogen (secondary N) is 1. The van der Waals surface area contributed by atoms with Crippen LogP contribution in [0.15, 0.2) is 48.5 Å². The van der Waals surface area contributed by atoms with E-state index in [1.807, 2.05) is 18.2 Å². The Kier molecular flexibility index (Phi) is 8.98. The third-order valence-corrected chi connectivity index (χ3v) is 4.90. The number of benzene rings is 2. The Morgan fingerprint density at radius 1 is 1.21 bits per heavy atom. The summed E-state index contributed by atoms with van der Waals surface area (Å²) in [4.78, 5) is 10.3. The zero-order valence-electron chi connectivity index (χ0n) is 16.7. The lowest BCUT2D eigenvalue weighted by Crippen LogP contribution is -2.35. The fraction of sp³-hybridized carbons (Fsp3) is 0.435. The third-order valence-electron chi connectivity index (χ3n) is 4.90. The molecule has 0 saturated heterocycles. The lowest BCUT2D eigenvalue weighted by Gasteiger charge is -2.26. The van der Waals surface area contributed by atoms with Crippen molar-refractivity contribution in [1.29, 1.82) is 0 Å². The highest BCUT2D eigenvalue weighted by atomic mass is 16.5. The minimum absolute atomic E-state index is 0.163. The molecule has 2 aromatic carbocycles. The van der Waals surface area contributed by atoms with Gasteiger partial charge >= 0.3 is 5.97 Å². The van der Waals surface area contributed by atoms with E-state index in [9.17, 15) is 4.79 Å². The second-order valence-corrected chi connectivity index (χ2v) is 7.04. The smallest absolute Gasteiger partial charge is 0.332 e. The van der Waals surface area contributed by atoms with Crippen molar-refractivity contribution in [1.82, 2.24) is 5.32 Å². The first-order chi connectivity index (χ1) is 13.5. The quantitative estimate of drug-likeness (QED) is 0.682. The van der Waals surface area contributed by atoms with Gasteiger partial charge in [-0.2, -0.15) is 0 Å². The van der Waals surface area contributed by atoms with Gasteiger partial charge in [0.2, 0.25) is 0 Å². The van der Waals surface area contributed by atoms with Crippen LogP contribution in [0.25, 0.3) is 0 Å². The summed E-state index contributed by atoms with van der Waals surface area (Å²) < 4.78 is 5.41. The molecule has 0 fully saturated rings. The number of aliphatic carboxylic acids is 1. The van der Waals surface area contributed by atoms with E-state index in [0.717, 1.165) is 30.7 Å². The van der Waals surface area contributed by atoms with Crippen molar-refractivity contribution in [2.24, 2.45) is 0 Å². The molecule has 3 N–H and O–H groups in total. The Balaban J connectivity index is 0.000000209. The van der Waals surface area contributed by atoms with E-state index in [1.54, 1.807) is 19.2 Å². The van der Waals surface area contributed by atoms with Crippen LogP contribution in [0.1, 0.15) is 36.5 Å². The van der Waals surface area contributed by atoms with Gasteiger partial charge < -0.3 is 20.3 Å². The average Bonchev–Trinajstić information content (AvgIpc) is 2.72. The molecule has 0 heterocycles. The number of hydrogen-bond donors (Lipinski definition) is 3. The fourth-order valence-electron chi connectivity index (χ4n) is 3.41. The van der Waals surface area contributed by atoms with Crippen LogP contribution in [0.5, 0.6) is 5.75 Å². The standard InChI is InChI=1S/C14H21NO.C9H10O3/c1-3-9-15-12-7-8-13-11(10-12)5-4-6-14(13)16-2;10-8(9(11)12)6-7-4-2-1-3-5-7/h4-6,12,15H,3,7-10H2,1-2H3;1-5,8,10H,6H2,(H,11,12)/t12-;8-/m00/s1. The second-order valence-electron chi connectivity index (χ2n) is 7.04. The molecule has 0 aliphatic heterocycles. The van der Waals surface area contributed by atoms with Gasteiger partial charge in [-0.25, -0.2) is 4.79 Å². The molecule has 2 atom stereocenters. The van der Waals surface area contributed by atoms with Gasteiger partial charge in [-0.05, 0) is 55.0 Å². The normalized spacial score (nSPS) is 16.3. The van der Waals surface area contributed by atoms with Crippen molar-refractivity contribution in [3.05, 3.63) is 65.2 Å². The molecule has 1 aliphatic rings. The van der Waals surface area contributed by atoms with Crippen LogP contribution in [-0.4, -0.2) is 42.0 Å². The van der Waals surface area contributed by atoms with E-state index in [1.165, 1.54) is 24.0 Å². The summed E-state index contributed by atoms with van der Waals surface area (Å²) >= 11 is 0. The monoisotopic (exact) mass is 385 g/mol. The second kappa shape index (κ2) is 11.5. The van der Waals surface area contributed by atoms with Crippen LogP contribution in [-0.2, 0) is 24.1 Å². The molecular weight excluding hydrogens is 354 g/mol. The van der Waals surface area contributed by atoms with Gasteiger partial charge in [0.25, 0.3) is 0 Å². The van der Waals surface area contributed by atoms with E-state index >= 15 is 0 Å². The summed E-state index contributed by atoms with van der Waals surface area (Å²) in [5.41, 5.74) is 3.70. The molecule has 152 valence electrons. The van der Waals surface area contributed by atoms with E-state index in [2.05, 4.69) is 30.4 Å². The van der Waals surface area contributed by atoms with E-state index < -0.39 is 12.1 Å². The molecular formula is C23H31NO4. The van der Waals surface area contributed by atoms with Gasteiger partial charge in [0, 0.05) is 12.5 Å². The number of carbonyl (C=O) groups is 1. The van der Waals surface area contributed by atoms with Crippen LogP contribution in [0, 0.1) is 0 Å². The van der Waals surface area contributed by atoms with Crippen LogP contribution in [0.4, 0.5) is 0 Å². The number of aliphatic hydroxyl groups excluding tert-OH is 1. The van der Waals surface area contributed by atoms with Crippen molar-refractivity contribution >= 4 is 5.97 Å². The first kappa shape index (κ1) is 21.9. The highest BCUT2D eigenvalue weighted by Crippen LogP contribution is 2.29. The molecule has 0 amide bonds. The fourth-order valence-corrected chi connectivity index (χ4v) is 3.41. The molecule has 0 unspecified atom stereocenters. The summed E-state index contributed by atoms with van der Waals surface area (Å²) in [7, 11) is 1.76. The van der Waals surface area contributed by atoms with Crippen LogP contribution in [0.3, 0.4) is 0 Å². The molecule has 0 saturated carbocycles. The van der Waals surface area contributed by atoms with Crippen molar-refractivity contribution in [3.8, 4) is 5.75 Å². The number of fused-ring (bicyclic) bond motifs is 1. The van der Waals surface area contributed by atoms with Crippen LogP contribution < -0.4 is 10.1 Å². The van der Waals surface area contributed by atoms with Crippen LogP contribution >= 0.6 is 0 Å². The first-order valence-corrected chi connectivity index (χ1v) is 9.88. The van der Waals surface area contributed by atoms with Crippen molar-refractivity contribution in [2.75, 3.05) is 13.7 Å². The summed E-state index contributed by atoms with van der Waals surface area (Å²) in [5, 5.41) is 21.0. The van der Waals surface area contributed by atoms with E-state index in [0.29, 0.717) is 6.04 Å². The molecule has 5 nitrogen and oxygen atoms in total. The summed E-state index contributed by atoms with van der Waals surface area (Å²) in [6.45, 7) is 3.34. The zero-order valence-corrected chi connectivity index (χ0v) is 16.7. The number of methoxy groups -OCH3 is 1. The first-order valence-electron chi connectivity index (χ1n) is 9.88. The van der Waals surface area contributed by atoms with Crippen molar-refractivity contribution in [2.45, 2.75) is 51.2 Å². The Hall–Kier alpha value is -2.37. The summed E-state index contributed by atoms with van der Waals surface area (Å²) in [6.07, 6.45) is 3.59. The minimum atomic E-state index is -1.30. The Morgan fingerprint density at radius 3 is 2.61 bits per heavy atom. The number of ether oxygens (including phenoxy) is 1. The summed E-state index contributed by atoms with van der Waals surface area (Å²) in [5.74, 6) is -0.120. The lowest BCUT2D eigenvalue weighted by atomic mass is 9.87. The Labute approximate surface area is 167 Å². The van der Waals surface area contributed by atoms with Crippen molar-refractivity contribution in [3.63, 3.8) is 0 Å². The molecule has 0 bridgehead atoms. The van der Waals surface area contributed by atoms with Gasteiger partial charge in [-0.3, -0.25) is 0 Å². The summed E-state index contributed by atoms with van der Waals surface area (Å²) in [6, 6.07) is 16.1. The number of carboxylic acids is 1. The zero-order chi connectivity index (χ0) is 20.4. The van der Waals surface area contributed by atoms with Gasteiger partial charge in [0.1, 0.15) is 5.75 Å². The molecule has 0 radical (unpaired) electrons. The predicted molar refractivity (Wildman–Crippen MR) is 111 cm³/mol. The highest BCUT2D eigenvalue weighted by Gasteiger charge is 2.20. The number of hydrogen-bond acceptors (Lipinski definition) is 4. The number of aliphatic hydroxyl groups is 1. The molecule has 0 spiro atoms. The Bertz CT molecular complexity index is 733. The number of carboxylic acid groups (broad SMARTS) is 1. The van der Waals surface area contributed by atoms with E-state index in [-0.39, 0.29) is 6.42 Å². The maximum Gasteiger partial charge on any atom is 0.332 e. The maximum absolute atomic E-state index is 10.3. The average molecular weight is 386 g/mol. The maximum atomic E-state index is 10.3. The van der Waals surface area contributed by atoms with E-state index in [4.69, 9.17) is 14.9 Å². The SMILES string of the molecule is CCCN[C@H]1CCc2c(cccc2OC)C1.O=C(O)[C@@H](O)Cc1ccccc1. The molecule has 2 aromatic rings. The minimum Gasteiger partial charge on any atom is -0.496 e. The lowest BCUT2D eigenvalue weighted by molar-refractivity contribution is -0.146. The molecule has 3 rings (SSSR count). The molecule has 1 aliphatic carbocycles. The predicted octanol–water partition coefficient (Wildman–Crippen LogP) is 3.23. The third kappa shape index (κ3) is 6.66. The molecule has 0 aromatic heterocycles. The van der Waals surface area contributed by atoms with Crippen LogP contribution in [0.2, 0.25) is 0 Å².